The van der Waals surface area contributed by atoms with Crippen molar-refractivity contribution in [2.75, 3.05) is 0 Å². The van der Waals surface area contributed by atoms with Gasteiger partial charge in [-0.3, -0.25) is 4.79 Å². The Morgan fingerprint density at radius 2 is 2.00 bits per heavy atom. The first-order chi connectivity index (χ1) is 6.83. The van der Waals surface area contributed by atoms with Crippen molar-refractivity contribution in [1.29, 1.82) is 0 Å². The van der Waals surface area contributed by atoms with Crippen LogP contribution in [0.4, 0.5) is 0 Å². The van der Waals surface area contributed by atoms with E-state index in [4.69, 9.17) is 0 Å². The molecule has 5 nitrogen and oxygen atoms in total. The summed E-state index contributed by atoms with van der Waals surface area (Å²) in [6.45, 7) is 1.85. The standard InChI is InChI=1S/C9H8N4O/c1-7-2-3-10-9(8(7)6-14)13-11-4-5-12-13/h2-6H,1H3. The normalized spacial score (nSPS) is 10.1. The lowest BCUT2D eigenvalue weighted by Gasteiger charge is -2.03. The molecule has 0 aliphatic carbocycles. The third-order valence-electron chi connectivity index (χ3n) is 1.91. The van der Waals surface area contributed by atoms with Gasteiger partial charge in [-0.1, -0.05) is 0 Å². The summed E-state index contributed by atoms with van der Waals surface area (Å²) in [6.07, 6.45) is 5.47. The maximum atomic E-state index is 10.8. The van der Waals surface area contributed by atoms with E-state index in [1.165, 1.54) is 4.80 Å². The van der Waals surface area contributed by atoms with Crippen LogP contribution in [0.1, 0.15) is 15.9 Å². The Hall–Kier alpha value is -2.04. The molecule has 0 spiro atoms. The Morgan fingerprint density at radius 1 is 1.29 bits per heavy atom. The van der Waals surface area contributed by atoms with Crippen LogP contribution >= 0.6 is 0 Å². The van der Waals surface area contributed by atoms with Gasteiger partial charge in [-0.25, -0.2) is 4.98 Å². The van der Waals surface area contributed by atoms with Crippen molar-refractivity contribution in [2.24, 2.45) is 0 Å². The number of hydrogen-bond acceptors (Lipinski definition) is 4. The summed E-state index contributed by atoms with van der Waals surface area (Å²) < 4.78 is 0. The summed E-state index contributed by atoms with van der Waals surface area (Å²) in [5.41, 5.74) is 1.38. The largest absolute Gasteiger partial charge is 0.298 e. The van der Waals surface area contributed by atoms with E-state index in [2.05, 4.69) is 15.2 Å². The highest BCUT2D eigenvalue weighted by Gasteiger charge is 2.08. The number of carbonyl (C=O) groups is 1. The Morgan fingerprint density at radius 3 is 2.64 bits per heavy atom. The zero-order valence-corrected chi connectivity index (χ0v) is 7.58. The van der Waals surface area contributed by atoms with Gasteiger partial charge in [0, 0.05) is 6.20 Å². The molecule has 0 aliphatic rings. The molecule has 2 aromatic heterocycles. The van der Waals surface area contributed by atoms with Crippen LogP contribution in [-0.4, -0.2) is 26.3 Å². The van der Waals surface area contributed by atoms with Crippen LogP contribution in [0.15, 0.2) is 24.7 Å². The van der Waals surface area contributed by atoms with Gasteiger partial charge >= 0.3 is 0 Å². The molecular formula is C9H8N4O. The second-order valence-electron chi connectivity index (χ2n) is 2.80. The Bertz CT molecular complexity index is 450. The minimum absolute atomic E-state index is 0.463. The molecule has 14 heavy (non-hydrogen) atoms. The van der Waals surface area contributed by atoms with Crippen LogP contribution in [0.3, 0.4) is 0 Å². The minimum Gasteiger partial charge on any atom is -0.298 e. The van der Waals surface area contributed by atoms with Crippen LogP contribution < -0.4 is 0 Å². The minimum atomic E-state index is 0.463. The topological polar surface area (TPSA) is 60.7 Å². The predicted molar refractivity (Wildman–Crippen MR) is 49.3 cm³/mol. The summed E-state index contributed by atoms with van der Waals surface area (Å²) in [5, 5.41) is 7.84. The van der Waals surface area contributed by atoms with Gasteiger partial charge in [0.25, 0.3) is 0 Å². The van der Waals surface area contributed by atoms with Crippen molar-refractivity contribution in [1.82, 2.24) is 20.0 Å². The number of aromatic nitrogens is 4. The molecule has 0 N–H and O–H groups in total. The fourth-order valence-electron chi connectivity index (χ4n) is 1.19. The molecule has 0 amide bonds. The molecular weight excluding hydrogens is 180 g/mol. The smallest absolute Gasteiger partial charge is 0.185 e. The average molecular weight is 188 g/mol. The molecule has 0 radical (unpaired) electrons. The van der Waals surface area contributed by atoms with Gasteiger partial charge in [0.2, 0.25) is 0 Å². The first-order valence-corrected chi connectivity index (χ1v) is 4.10. The molecule has 2 aromatic rings. The first-order valence-electron chi connectivity index (χ1n) is 4.10. The maximum Gasteiger partial charge on any atom is 0.185 e. The van der Waals surface area contributed by atoms with Crippen LogP contribution in [0.2, 0.25) is 0 Å². The van der Waals surface area contributed by atoms with E-state index in [1.54, 1.807) is 24.7 Å². The van der Waals surface area contributed by atoms with E-state index >= 15 is 0 Å². The van der Waals surface area contributed by atoms with Crippen LogP contribution in [0.5, 0.6) is 0 Å². The average Bonchev–Trinajstić information content (AvgIpc) is 2.70. The van der Waals surface area contributed by atoms with Crippen molar-refractivity contribution in [3.63, 3.8) is 0 Å². The number of carbonyl (C=O) groups excluding carboxylic acids is 1. The Balaban J connectivity index is 2.64. The van der Waals surface area contributed by atoms with Crippen LogP contribution in [-0.2, 0) is 0 Å². The first kappa shape index (κ1) is 8.55. The molecule has 0 saturated carbocycles. The van der Waals surface area contributed by atoms with E-state index in [9.17, 15) is 4.79 Å². The van der Waals surface area contributed by atoms with Crippen molar-refractivity contribution in [3.8, 4) is 5.82 Å². The summed E-state index contributed by atoms with van der Waals surface area (Å²) in [4.78, 5) is 16.2. The zero-order chi connectivity index (χ0) is 9.97. The molecule has 0 saturated heterocycles. The molecule has 0 bridgehead atoms. The Kier molecular flexibility index (Phi) is 2.06. The second kappa shape index (κ2) is 3.37. The van der Waals surface area contributed by atoms with E-state index < -0.39 is 0 Å². The van der Waals surface area contributed by atoms with Crippen LogP contribution in [0.25, 0.3) is 5.82 Å². The van der Waals surface area contributed by atoms with E-state index in [0.717, 1.165) is 11.8 Å². The predicted octanol–water partition coefficient (Wildman–Crippen LogP) is 0.783. The number of nitrogens with zero attached hydrogens (tertiary/aromatic N) is 4. The highest BCUT2D eigenvalue weighted by molar-refractivity contribution is 5.81. The van der Waals surface area contributed by atoms with Crippen LogP contribution in [0, 0.1) is 6.92 Å². The number of aldehydes is 1. The van der Waals surface area contributed by atoms with Crippen molar-refractivity contribution in [3.05, 3.63) is 35.8 Å². The van der Waals surface area contributed by atoms with Gasteiger partial charge in [-0.2, -0.15) is 10.2 Å². The molecule has 5 heteroatoms. The lowest BCUT2D eigenvalue weighted by Crippen LogP contribution is -2.06. The highest BCUT2D eigenvalue weighted by atomic mass is 16.1. The molecule has 0 unspecified atom stereocenters. The summed E-state index contributed by atoms with van der Waals surface area (Å²) in [6, 6.07) is 1.77. The molecule has 0 aromatic carbocycles. The summed E-state index contributed by atoms with van der Waals surface area (Å²) >= 11 is 0. The SMILES string of the molecule is Cc1ccnc(-n2nccn2)c1C=O. The third kappa shape index (κ3) is 1.28. The number of hydrogen-bond donors (Lipinski definition) is 0. The van der Waals surface area contributed by atoms with Gasteiger partial charge in [0.05, 0.1) is 18.0 Å². The number of pyridine rings is 1. The second-order valence-corrected chi connectivity index (χ2v) is 2.80. The van der Waals surface area contributed by atoms with Gasteiger partial charge in [0.1, 0.15) is 0 Å². The quantitative estimate of drug-likeness (QED) is 0.653. The highest BCUT2D eigenvalue weighted by Crippen LogP contribution is 2.11. The van der Waals surface area contributed by atoms with Gasteiger partial charge in [0.15, 0.2) is 12.1 Å². The zero-order valence-electron chi connectivity index (χ0n) is 7.58. The van der Waals surface area contributed by atoms with E-state index in [0.29, 0.717) is 11.4 Å². The fraction of sp³-hybridized carbons (Fsp3) is 0.111. The molecule has 2 heterocycles. The van der Waals surface area contributed by atoms with Gasteiger partial charge in [-0.15, -0.1) is 4.80 Å². The summed E-state index contributed by atoms with van der Waals surface area (Å²) in [5.74, 6) is 0.463. The van der Waals surface area contributed by atoms with Crippen molar-refractivity contribution >= 4 is 6.29 Å². The molecule has 2 rings (SSSR count). The van der Waals surface area contributed by atoms with Gasteiger partial charge in [-0.05, 0) is 18.6 Å². The molecule has 0 atom stereocenters. The summed E-state index contributed by atoms with van der Waals surface area (Å²) in [7, 11) is 0. The lowest BCUT2D eigenvalue weighted by atomic mass is 10.1. The Labute approximate surface area is 80.4 Å². The van der Waals surface area contributed by atoms with E-state index in [1.807, 2.05) is 6.92 Å². The van der Waals surface area contributed by atoms with Gasteiger partial charge < -0.3 is 0 Å². The molecule has 0 fully saturated rings. The monoisotopic (exact) mass is 188 g/mol. The fourth-order valence-corrected chi connectivity index (χ4v) is 1.19. The number of rotatable bonds is 2. The molecule has 0 aliphatic heterocycles. The lowest BCUT2D eigenvalue weighted by molar-refractivity contribution is 0.112. The van der Waals surface area contributed by atoms with E-state index in [-0.39, 0.29) is 0 Å². The van der Waals surface area contributed by atoms with Crippen molar-refractivity contribution in [2.45, 2.75) is 6.92 Å². The number of aryl methyl sites for hydroxylation is 1. The van der Waals surface area contributed by atoms with Crippen molar-refractivity contribution < 1.29 is 4.79 Å². The third-order valence-corrected chi connectivity index (χ3v) is 1.91. The molecule has 70 valence electrons. The maximum absolute atomic E-state index is 10.8.